The molecule has 2 saturated carbocycles. The van der Waals surface area contributed by atoms with Crippen molar-refractivity contribution in [3.05, 3.63) is 34.3 Å². The molecule has 0 nitrogen and oxygen atoms in total. The van der Waals surface area contributed by atoms with E-state index in [-0.39, 0.29) is 0 Å². The van der Waals surface area contributed by atoms with Crippen LogP contribution in [0.25, 0.3) is 0 Å². The Morgan fingerprint density at radius 2 is 1.62 bits per heavy atom. The molecular weight excluding hydrogens is 260 g/mol. The first-order valence-electron chi connectivity index (χ1n) is 6.42. The third-order valence-corrected chi connectivity index (χ3v) is 5.20. The summed E-state index contributed by atoms with van der Waals surface area (Å²) in [5.41, 5.74) is 2.00. The van der Waals surface area contributed by atoms with Gasteiger partial charge in [0, 0.05) is 4.47 Å². The largest absolute Gasteiger partial charge is 0.0574 e. The summed E-state index contributed by atoms with van der Waals surface area (Å²) in [6.07, 6.45) is 7.29. The Morgan fingerprint density at radius 1 is 1.06 bits per heavy atom. The molecule has 0 aliphatic heterocycles. The van der Waals surface area contributed by atoms with E-state index in [9.17, 15) is 0 Å². The van der Waals surface area contributed by atoms with Gasteiger partial charge in [0.05, 0.1) is 0 Å². The summed E-state index contributed by atoms with van der Waals surface area (Å²) in [5.74, 6) is 2.01. The first-order chi connectivity index (χ1) is 7.66. The molecular formula is C15H19Br. The van der Waals surface area contributed by atoms with Crippen LogP contribution in [0.1, 0.15) is 44.6 Å². The molecule has 0 spiro atoms. The maximum Gasteiger partial charge on any atom is 0.0175 e. The number of halogens is 1. The molecule has 2 bridgehead atoms. The van der Waals surface area contributed by atoms with Gasteiger partial charge in [0.1, 0.15) is 0 Å². The fourth-order valence-corrected chi connectivity index (χ4v) is 4.26. The van der Waals surface area contributed by atoms with Crippen molar-refractivity contribution in [2.24, 2.45) is 11.8 Å². The zero-order chi connectivity index (χ0) is 11.2. The summed E-state index contributed by atoms with van der Waals surface area (Å²) in [4.78, 5) is 0. The van der Waals surface area contributed by atoms with Crippen molar-refractivity contribution in [2.75, 3.05) is 0 Å². The second-order valence-corrected chi connectivity index (χ2v) is 6.94. The summed E-state index contributed by atoms with van der Waals surface area (Å²) in [6, 6.07) is 9.01. The molecule has 3 atom stereocenters. The van der Waals surface area contributed by atoms with Crippen LogP contribution >= 0.6 is 15.9 Å². The molecule has 86 valence electrons. The normalized spacial score (nSPS) is 37.6. The van der Waals surface area contributed by atoms with Gasteiger partial charge in [0.25, 0.3) is 0 Å². The van der Waals surface area contributed by atoms with Gasteiger partial charge < -0.3 is 0 Å². The SMILES string of the molecule is CC1(c2ccc(Br)cc2)C[C@@H]2CC[C@@H](C2)C1. The summed E-state index contributed by atoms with van der Waals surface area (Å²) in [6.45, 7) is 2.47. The molecule has 16 heavy (non-hydrogen) atoms. The molecule has 0 radical (unpaired) electrons. The predicted molar refractivity (Wildman–Crippen MR) is 71.6 cm³/mol. The number of hydrogen-bond acceptors (Lipinski definition) is 0. The number of rotatable bonds is 1. The van der Waals surface area contributed by atoms with Crippen molar-refractivity contribution in [3.8, 4) is 0 Å². The molecule has 0 aromatic heterocycles. The van der Waals surface area contributed by atoms with Gasteiger partial charge in [-0.05, 0) is 54.2 Å². The maximum absolute atomic E-state index is 3.52. The van der Waals surface area contributed by atoms with Gasteiger partial charge in [-0.15, -0.1) is 0 Å². The summed E-state index contributed by atoms with van der Waals surface area (Å²) >= 11 is 3.52. The highest BCUT2D eigenvalue weighted by Gasteiger charge is 2.41. The Bertz CT molecular complexity index is 367. The zero-order valence-electron chi connectivity index (χ0n) is 9.88. The molecule has 0 amide bonds. The van der Waals surface area contributed by atoms with Gasteiger partial charge in [-0.3, -0.25) is 0 Å². The molecule has 1 unspecified atom stereocenters. The maximum atomic E-state index is 3.52. The summed E-state index contributed by atoms with van der Waals surface area (Å²) in [5, 5.41) is 0. The van der Waals surface area contributed by atoms with Crippen molar-refractivity contribution in [3.63, 3.8) is 0 Å². The van der Waals surface area contributed by atoms with Crippen molar-refractivity contribution >= 4 is 15.9 Å². The van der Waals surface area contributed by atoms with Gasteiger partial charge >= 0.3 is 0 Å². The van der Waals surface area contributed by atoms with E-state index in [2.05, 4.69) is 47.1 Å². The molecule has 1 aromatic rings. The van der Waals surface area contributed by atoms with Crippen molar-refractivity contribution in [1.29, 1.82) is 0 Å². The van der Waals surface area contributed by atoms with Gasteiger partial charge in [-0.2, -0.15) is 0 Å². The van der Waals surface area contributed by atoms with Crippen LogP contribution in [0, 0.1) is 11.8 Å². The lowest BCUT2D eigenvalue weighted by molar-refractivity contribution is 0.232. The Kier molecular flexibility index (Phi) is 2.62. The Hall–Kier alpha value is -0.300. The molecule has 0 saturated heterocycles. The quantitative estimate of drug-likeness (QED) is 0.684. The highest BCUT2D eigenvalue weighted by atomic mass is 79.9. The second kappa shape index (κ2) is 3.87. The smallest absolute Gasteiger partial charge is 0.0175 e. The van der Waals surface area contributed by atoms with E-state index in [1.165, 1.54) is 36.6 Å². The fourth-order valence-electron chi connectivity index (χ4n) is 3.99. The minimum absolute atomic E-state index is 0.449. The lowest BCUT2D eigenvalue weighted by Crippen LogP contribution is -2.30. The predicted octanol–water partition coefficient (Wildman–Crippen LogP) is 4.92. The molecule has 3 rings (SSSR count). The molecule has 2 aliphatic rings. The van der Waals surface area contributed by atoms with E-state index in [0.717, 1.165) is 11.8 Å². The number of benzene rings is 1. The van der Waals surface area contributed by atoms with E-state index in [1.807, 2.05) is 0 Å². The third kappa shape index (κ3) is 1.84. The lowest BCUT2D eigenvalue weighted by atomic mass is 9.67. The van der Waals surface area contributed by atoms with E-state index in [1.54, 1.807) is 5.56 Å². The van der Waals surface area contributed by atoms with Crippen LogP contribution in [0.5, 0.6) is 0 Å². The lowest BCUT2D eigenvalue weighted by Gasteiger charge is -2.38. The molecule has 1 aromatic carbocycles. The van der Waals surface area contributed by atoms with Crippen molar-refractivity contribution in [1.82, 2.24) is 0 Å². The van der Waals surface area contributed by atoms with Crippen LogP contribution in [-0.2, 0) is 5.41 Å². The highest BCUT2D eigenvalue weighted by molar-refractivity contribution is 9.10. The average Bonchev–Trinajstić information content (AvgIpc) is 2.59. The zero-order valence-corrected chi connectivity index (χ0v) is 11.5. The van der Waals surface area contributed by atoms with Crippen LogP contribution in [0.3, 0.4) is 0 Å². The van der Waals surface area contributed by atoms with Crippen molar-refractivity contribution in [2.45, 2.75) is 44.4 Å². The van der Waals surface area contributed by atoms with Crippen molar-refractivity contribution < 1.29 is 0 Å². The average molecular weight is 279 g/mol. The summed E-state index contributed by atoms with van der Waals surface area (Å²) in [7, 11) is 0. The van der Waals surface area contributed by atoms with Gasteiger partial charge in [0.15, 0.2) is 0 Å². The van der Waals surface area contributed by atoms with Crippen LogP contribution in [-0.4, -0.2) is 0 Å². The second-order valence-electron chi connectivity index (χ2n) is 6.02. The van der Waals surface area contributed by atoms with Crippen LogP contribution < -0.4 is 0 Å². The fraction of sp³-hybridized carbons (Fsp3) is 0.600. The summed E-state index contributed by atoms with van der Waals surface area (Å²) < 4.78 is 1.19. The number of hydrogen-bond donors (Lipinski definition) is 0. The van der Waals surface area contributed by atoms with E-state index in [4.69, 9.17) is 0 Å². The standard InChI is InChI=1S/C15H19Br/c1-15(13-4-6-14(16)7-5-13)9-11-2-3-12(8-11)10-15/h4-7,11-12H,2-3,8-10H2,1H3/t11-,12+,15?. The van der Waals surface area contributed by atoms with Gasteiger partial charge in [0.2, 0.25) is 0 Å². The van der Waals surface area contributed by atoms with Gasteiger partial charge in [-0.25, -0.2) is 0 Å². The van der Waals surface area contributed by atoms with E-state index >= 15 is 0 Å². The molecule has 0 heterocycles. The monoisotopic (exact) mass is 278 g/mol. The Balaban J connectivity index is 1.90. The van der Waals surface area contributed by atoms with Crippen LogP contribution in [0.15, 0.2) is 28.7 Å². The molecule has 2 aliphatic carbocycles. The minimum atomic E-state index is 0.449. The topological polar surface area (TPSA) is 0 Å². The molecule has 1 heteroatoms. The Labute approximate surface area is 107 Å². The first kappa shape index (κ1) is 10.8. The molecule has 0 N–H and O–H groups in total. The van der Waals surface area contributed by atoms with Crippen LogP contribution in [0.4, 0.5) is 0 Å². The first-order valence-corrected chi connectivity index (χ1v) is 7.21. The Morgan fingerprint density at radius 3 is 2.19 bits per heavy atom. The molecule has 2 fully saturated rings. The number of fused-ring (bicyclic) bond motifs is 2. The van der Waals surface area contributed by atoms with E-state index in [0.29, 0.717) is 5.41 Å². The minimum Gasteiger partial charge on any atom is -0.0574 e. The highest BCUT2D eigenvalue weighted by Crippen LogP contribution is 2.51. The third-order valence-electron chi connectivity index (χ3n) is 4.67. The van der Waals surface area contributed by atoms with Gasteiger partial charge in [-0.1, -0.05) is 47.8 Å². The van der Waals surface area contributed by atoms with Crippen LogP contribution in [0.2, 0.25) is 0 Å². The van der Waals surface area contributed by atoms with E-state index < -0.39 is 0 Å².